The smallest absolute Gasteiger partial charge is 0.0249 e. The maximum absolute atomic E-state index is 3.28. The summed E-state index contributed by atoms with van der Waals surface area (Å²) >= 11 is 0. The summed E-state index contributed by atoms with van der Waals surface area (Å²) in [4.78, 5) is 0. The molecule has 0 nitrogen and oxygen atoms in total. The van der Waals surface area contributed by atoms with Crippen molar-refractivity contribution in [2.24, 2.45) is 0 Å². The lowest BCUT2D eigenvalue weighted by molar-refractivity contribution is 1.57. The van der Waals surface area contributed by atoms with Crippen molar-refractivity contribution in [3.63, 3.8) is 0 Å². The van der Waals surface area contributed by atoms with Crippen molar-refractivity contribution in [1.29, 1.82) is 0 Å². The Hall–Kier alpha value is -17.9. The van der Waals surface area contributed by atoms with Crippen LogP contribution in [0.4, 0.5) is 0 Å². The molecule has 0 aliphatic rings. The van der Waals surface area contributed by atoms with Crippen LogP contribution in [0.2, 0.25) is 0 Å². The summed E-state index contributed by atoms with van der Waals surface area (Å²) in [6, 6.07) is 124. The van der Waals surface area contributed by atoms with Crippen molar-refractivity contribution in [2.45, 2.75) is 0 Å². The van der Waals surface area contributed by atoms with E-state index in [0.29, 0.717) is 0 Å². The third-order valence-corrected chi connectivity index (χ3v) is 18.0. The van der Waals surface area contributed by atoms with Crippen molar-refractivity contribution < 1.29 is 0 Å². The predicted molar refractivity (Wildman–Crippen MR) is 480 cm³/mol. The van der Waals surface area contributed by atoms with E-state index in [-0.39, 0.29) is 0 Å². The van der Waals surface area contributed by atoms with Crippen LogP contribution >= 0.6 is 0 Å². The zero-order valence-corrected chi connectivity index (χ0v) is 63.8. The normalized spacial score (nSPS) is 9.42. The van der Waals surface area contributed by atoms with Crippen LogP contribution in [-0.2, 0) is 0 Å². The van der Waals surface area contributed by atoms with E-state index in [1.807, 2.05) is 376 Å². The fourth-order valence-corrected chi connectivity index (χ4v) is 11.3. The molecule has 15 rings (SSSR count). The van der Waals surface area contributed by atoms with E-state index in [4.69, 9.17) is 0 Å². The number of rotatable bonds is 0. The van der Waals surface area contributed by atoms with E-state index < -0.39 is 0 Å². The second kappa shape index (κ2) is 39.2. The molecule has 0 atom stereocenters. The van der Waals surface area contributed by atoms with Gasteiger partial charge in [0.2, 0.25) is 0 Å². The second-order valence-electron chi connectivity index (χ2n) is 26.7. The third kappa shape index (κ3) is 23.6. The van der Waals surface area contributed by atoms with E-state index in [0.717, 1.165) is 156 Å². The molecule has 118 heavy (non-hydrogen) atoms. The molecular formula is C118H62. The van der Waals surface area contributed by atoms with Gasteiger partial charge in [0.1, 0.15) is 0 Å². The van der Waals surface area contributed by atoms with Gasteiger partial charge in [-0.15, -0.1) is 0 Å². The molecule has 0 aromatic heterocycles. The first kappa shape index (κ1) is 75.5. The summed E-state index contributed by atoms with van der Waals surface area (Å²) in [6.07, 6.45) is 0. The predicted octanol–water partition coefficient (Wildman–Crippen LogP) is 21.3. The topological polar surface area (TPSA) is 0 Å². The molecule has 0 radical (unpaired) electrons. The molecule has 0 unspecified atom stereocenters. The van der Waals surface area contributed by atoms with Gasteiger partial charge in [-0.1, -0.05) is 202 Å². The summed E-state index contributed by atoms with van der Waals surface area (Å²) < 4.78 is 0. The summed E-state index contributed by atoms with van der Waals surface area (Å²) in [5, 5.41) is 0. The molecular weight excluding hydrogens is 1420 g/mol. The Morgan fingerprint density at radius 3 is 0.169 bits per heavy atom. The standard InChI is InChI=1S/C118H62/c1-3-7-91(8-4-1)11-13-93-15-19-95(20-16-93)23-25-97-27-31-99(32-28-97)35-37-101-39-43-103(44-40-101)47-49-105-51-55-107(56-52-105)59-61-109-63-67-111(68-64-109)71-73-113-75-79-115(80-76-113)83-85-117-87-89-118(90-88-117)86-84-116-81-77-114(78-82-116)74-72-112-69-65-110(66-70-112)62-60-108-57-53-106(54-58-108)50-48-104-45-41-102(42-46-104)38-36-100-33-29-98(30-34-100)26-24-96-21-17-94(18-22-96)14-12-92-9-5-2-6-10-92/h1-10,15-22,27-34,39-46,51-58,63-70,75-82,87-90H. The maximum Gasteiger partial charge on any atom is 0.0249 e. The van der Waals surface area contributed by atoms with Gasteiger partial charge in [0, 0.05) is 156 Å². The van der Waals surface area contributed by atoms with Gasteiger partial charge in [-0.2, -0.15) is 0 Å². The molecule has 0 aliphatic heterocycles. The molecule has 0 aliphatic carbocycles. The van der Waals surface area contributed by atoms with Gasteiger partial charge >= 0.3 is 0 Å². The lowest BCUT2D eigenvalue weighted by atomic mass is 10.1. The van der Waals surface area contributed by atoms with Crippen LogP contribution in [-0.4, -0.2) is 0 Å². The molecule has 15 aromatic carbocycles. The van der Waals surface area contributed by atoms with Crippen LogP contribution in [0, 0.1) is 166 Å². The lowest BCUT2D eigenvalue weighted by Gasteiger charge is -1.95. The van der Waals surface area contributed by atoms with Crippen LogP contribution < -0.4 is 0 Å². The molecule has 0 bridgehead atoms. The summed E-state index contributed by atoms with van der Waals surface area (Å²) in [6.45, 7) is 0. The van der Waals surface area contributed by atoms with Gasteiger partial charge in [0.05, 0.1) is 0 Å². The molecule has 0 fully saturated rings. The van der Waals surface area contributed by atoms with Gasteiger partial charge < -0.3 is 0 Å². The Morgan fingerprint density at radius 1 is 0.0593 bits per heavy atom. The Morgan fingerprint density at radius 2 is 0.110 bits per heavy atom. The van der Waals surface area contributed by atoms with Gasteiger partial charge in [-0.05, 0) is 340 Å². The highest BCUT2D eigenvalue weighted by Gasteiger charge is 2.02. The van der Waals surface area contributed by atoms with Gasteiger partial charge in [-0.25, -0.2) is 0 Å². The molecule has 15 aromatic rings. The monoisotopic (exact) mass is 1480 g/mol. The van der Waals surface area contributed by atoms with Crippen molar-refractivity contribution in [3.8, 4) is 166 Å². The lowest BCUT2D eigenvalue weighted by Crippen LogP contribution is -1.82. The van der Waals surface area contributed by atoms with Crippen molar-refractivity contribution >= 4 is 0 Å². The number of benzene rings is 15. The number of hydrogen-bond acceptors (Lipinski definition) is 0. The first-order valence-electron chi connectivity index (χ1n) is 38.0. The van der Waals surface area contributed by atoms with Crippen LogP contribution in [0.5, 0.6) is 0 Å². The van der Waals surface area contributed by atoms with E-state index in [2.05, 4.69) is 166 Å². The maximum atomic E-state index is 3.28. The van der Waals surface area contributed by atoms with Gasteiger partial charge in [-0.3, -0.25) is 0 Å². The summed E-state index contributed by atoms with van der Waals surface area (Å²) in [7, 11) is 0. The zero-order chi connectivity index (χ0) is 79.8. The average molecular weight is 1480 g/mol. The Kier molecular flexibility index (Phi) is 25.1. The molecule has 0 spiro atoms. The molecule has 0 amide bonds. The van der Waals surface area contributed by atoms with Crippen molar-refractivity contribution in [3.05, 3.63) is 532 Å². The SMILES string of the molecule is C(#Cc1ccc(C#Cc2ccc(C#Cc3ccc(C#Cc4ccc(C#Cc5ccc(C#Cc6ccc(C#Cc7ccc(C#Cc8ccc(C#Cc9ccc(C#Cc%10ccc(C#Cc%11ccc(C#Cc%12ccc(C#Cc%13ccc(C#Cc%14ccccc%14)cc%13)cc%12)cc%11)cc%10)cc9)cc8)cc7)cc6)cc5)cc4)cc3)cc2)cc1)c1ccccc1. The summed E-state index contributed by atoms with van der Waals surface area (Å²) in [5.74, 6) is 91.2. The van der Waals surface area contributed by atoms with Crippen LogP contribution in [0.3, 0.4) is 0 Å². The molecule has 0 saturated carbocycles. The second-order valence-corrected chi connectivity index (χ2v) is 26.7. The Balaban J connectivity index is 0.455. The van der Waals surface area contributed by atoms with Crippen LogP contribution in [0.25, 0.3) is 0 Å². The first-order chi connectivity index (χ1) is 58.3. The molecule has 0 heteroatoms. The molecule has 0 N–H and O–H groups in total. The minimum Gasteiger partial charge on any atom is -0.0622 e. The van der Waals surface area contributed by atoms with Crippen molar-refractivity contribution in [1.82, 2.24) is 0 Å². The molecule has 0 heterocycles. The van der Waals surface area contributed by atoms with Gasteiger partial charge in [0.15, 0.2) is 0 Å². The van der Waals surface area contributed by atoms with Gasteiger partial charge in [0.25, 0.3) is 0 Å². The summed E-state index contributed by atoms with van der Waals surface area (Å²) in [5.41, 5.74) is 25.8. The fraction of sp³-hybridized carbons (Fsp3) is 0. The quantitative estimate of drug-likeness (QED) is 0.133. The van der Waals surface area contributed by atoms with E-state index >= 15 is 0 Å². The minimum atomic E-state index is 0.904. The highest BCUT2D eigenvalue weighted by molar-refractivity contribution is 5.59. The van der Waals surface area contributed by atoms with E-state index in [1.165, 1.54) is 0 Å². The minimum absolute atomic E-state index is 0.904. The molecule has 534 valence electrons. The Labute approximate surface area is 692 Å². The highest BCUT2D eigenvalue weighted by Crippen LogP contribution is 2.16. The third-order valence-electron chi connectivity index (χ3n) is 18.0. The highest BCUT2D eigenvalue weighted by atomic mass is 14.0. The fourth-order valence-electron chi connectivity index (χ4n) is 11.3. The van der Waals surface area contributed by atoms with Crippen LogP contribution in [0.15, 0.2) is 376 Å². The van der Waals surface area contributed by atoms with Crippen molar-refractivity contribution in [2.75, 3.05) is 0 Å². The van der Waals surface area contributed by atoms with Crippen LogP contribution in [0.1, 0.15) is 156 Å². The van der Waals surface area contributed by atoms with E-state index in [1.54, 1.807) is 0 Å². The number of hydrogen-bond donors (Lipinski definition) is 0. The Bertz CT molecular complexity index is 6660. The first-order valence-corrected chi connectivity index (χ1v) is 38.0. The molecule has 0 saturated heterocycles. The largest absolute Gasteiger partial charge is 0.0622 e. The zero-order valence-electron chi connectivity index (χ0n) is 63.8. The van der Waals surface area contributed by atoms with E-state index in [9.17, 15) is 0 Å². The average Bonchev–Trinajstić information content (AvgIpc) is 0.885.